The number of amides is 1. The van der Waals surface area contributed by atoms with Gasteiger partial charge in [-0.3, -0.25) is 4.79 Å². The first-order valence-electron chi connectivity index (χ1n) is 17.6. The van der Waals surface area contributed by atoms with E-state index in [1.54, 1.807) is 6.08 Å². The standard InChI is InChI=1S/C38H65NO4/c1-3-5-7-9-11-13-15-17-18-20-22-24-26-29-35(41)34(33-40)39-38(42)32-28-31-37-36(43-37)30-27-25-23-21-19-16-14-12-10-8-6-4-2/h7,9,12,14,19,21,25-27,29,34-37,40-41H,3-6,8,10-11,13,15-18,20,22-24,28,30-33H2,1-2H3,(H,39,42)/b9-7-,14-12-,21-19-,27-25-,29-26+/t34-,35+,36?,37?/m0/s1. The molecule has 1 aliphatic rings. The Kier molecular flexibility index (Phi) is 26.2. The average Bonchev–Trinajstić information content (AvgIpc) is 3.76. The number of carbonyl (C=O) groups is 1. The summed E-state index contributed by atoms with van der Waals surface area (Å²) in [6.45, 7) is 4.16. The van der Waals surface area contributed by atoms with Crippen molar-refractivity contribution in [3.63, 3.8) is 0 Å². The van der Waals surface area contributed by atoms with Gasteiger partial charge in [0.15, 0.2) is 0 Å². The third-order valence-corrected chi connectivity index (χ3v) is 7.87. The van der Waals surface area contributed by atoms with E-state index in [9.17, 15) is 15.0 Å². The van der Waals surface area contributed by atoms with E-state index >= 15 is 0 Å². The topological polar surface area (TPSA) is 82.1 Å². The highest BCUT2D eigenvalue weighted by Gasteiger charge is 2.36. The fourth-order valence-corrected chi connectivity index (χ4v) is 5.03. The molecule has 2 unspecified atom stereocenters. The summed E-state index contributed by atoms with van der Waals surface area (Å²) in [6.07, 6.45) is 43.2. The van der Waals surface area contributed by atoms with Crippen molar-refractivity contribution in [1.82, 2.24) is 5.32 Å². The summed E-state index contributed by atoms with van der Waals surface area (Å²) in [6, 6.07) is -0.666. The predicted molar refractivity (Wildman–Crippen MR) is 183 cm³/mol. The van der Waals surface area contributed by atoms with Gasteiger partial charge in [-0.25, -0.2) is 0 Å². The molecule has 0 aromatic carbocycles. The summed E-state index contributed by atoms with van der Waals surface area (Å²) in [5.41, 5.74) is 0. The largest absolute Gasteiger partial charge is 0.394 e. The number of hydrogen-bond donors (Lipinski definition) is 3. The number of rotatable bonds is 29. The van der Waals surface area contributed by atoms with E-state index in [4.69, 9.17) is 4.74 Å². The van der Waals surface area contributed by atoms with Crippen molar-refractivity contribution in [3.8, 4) is 0 Å². The fourth-order valence-electron chi connectivity index (χ4n) is 5.03. The summed E-state index contributed by atoms with van der Waals surface area (Å²) in [5, 5.41) is 22.9. The normalized spacial score (nSPS) is 18.6. The SMILES string of the molecule is CCC/C=C\CCCCCCCC/C=C/[C@@H](O)[C@H](CO)NC(=O)CCCC1OC1C/C=C\C/C=C\C/C=C\CCCCC. The van der Waals surface area contributed by atoms with Gasteiger partial charge in [0.2, 0.25) is 5.91 Å². The lowest BCUT2D eigenvalue weighted by molar-refractivity contribution is -0.123. The van der Waals surface area contributed by atoms with E-state index in [1.807, 2.05) is 6.08 Å². The summed E-state index contributed by atoms with van der Waals surface area (Å²) < 4.78 is 5.75. The molecule has 1 rings (SSSR count). The molecule has 1 heterocycles. The van der Waals surface area contributed by atoms with Crippen LogP contribution >= 0.6 is 0 Å². The number of epoxide rings is 1. The number of carbonyl (C=O) groups excluding carboxylic acids is 1. The second kappa shape index (κ2) is 28.8. The minimum absolute atomic E-state index is 0.132. The van der Waals surface area contributed by atoms with Gasteiger partial charge in [0, 0.05) is 6.42 Å². The maximum absolute atomic E-state index is 12.4. The molecule has 5 heteroatoms. The van der Waals surface area contributed by atoms with E-state index < -0.39 is 12.1 Å². The zero-order valence-corrected chi connectivity index (χ0v) is 27.6. The summed E-state index contributed by atoms with van der Waals surface area (Å²) in [7, 11) is 0. The second-order valence-corrected chi connectivity index (χ2v) is 12.0. The van der Waals surface area contributed by atoms with Gasteiger partial charge >= 0.3 is 0 Å². The monoisotopic (exact) mass is 599 g/mol. The Balaban J connectivity index is 2.03. The van der Waals surface area contributed by atoms with Crippen molar-refractivity contribution in [2.75, 3.05) is 6.61 Å². The minimum atomic E-state index is -0.875. The number of ether oxygens (including phenoxy) is 1. The van der Waals surface area contributed by atoms with Gasteiger partial charge in [0.25, 0.3) is 0 Å². The second-order valence-electron chi connectivity index (χ2n) is 12.0. The van der Waals surface area contributed by atoms with E-state index in [0.29, 0.717) is 6.42 Å². The van der Waals surface area contributed by atoms with Crippen LogP contribution in [0.1, 0.15) is 142 Å². The Morgan fingerprint density at radius 1 is 0.698 bits per heavy atom. The Morgan fingerprint density at radius 3 is 1.95 bits per heavy atom. The molecule has 4 atom stereocenters. The number of aliphatic hydroxyl groups is 2. The molecular formula is C38H65NO4. The van der Waals surface area contributed by atoms with Gasteiger partial charge in [-0.2, -0.15) is 0 Å². The molecule has 43 heavy (non-hydrogen) atoms. The fraction of sp³-hybridized carbons (Fsp3) is 0.711. The molecule has 1 saturated heterocycles. The van der Waals surface area contributed by atoms with Gasteiger partial charge in [0.05, 0.1) is 31.0 Å². The summed E-state index contributed by atoms with van der Waals surface area (Å²) in [5.74, 6) is -0.132. The van der Waals surface area contributed by atoms with Crippen molar-refractivity contribution >= 4 is 5.91 Å². The molecule has 0 saturated carbocycles. The third-order valence-electron chi connectivity index (χ3n) is 7.87. The molecule has 3 N–H and O–H groups in total. The number of nitrogens with one attached hydrogen (secondary N) is 1. The zero-order valence-electron chi connectivity index (χ0n) is 27.6. The number of aliphatic hydroxyl groups excluding tert-OH is 2. The Labute approximate surface area is 264 Å². The lowest BCUT2D eigenvalue weighted by Gasteiger charge is -2.19. The lowest BCUT2D eigenvalue weighted by Crippen LogP contribution is -2.45. The van der Waals surface area contributed by atoms with Crippen molar-refractivity contribution in [2.24, 2.45) is 0 Å². The molecular weight excluding hydrogens is 534 g/mol. The van der Waals surface area contributed by atoms with Crippen molar-refractivity contribution in [3.05, 3.63) is 60.8 Å². The molecule has 0 radical (unpaired) electrons. The Bertz CT molecular complexity index is 800. The van der Waals surface area contributed by atoms with Gasteiger partial charge in [-0.05, 0) is 77.0 Å². The minimum Gasteiger partial charge on any atom is -0.394 e. The summed E-state index contributed by atoms with van der Waals surface area (Å²) >= 11 is 0. The number of hydrogen-bond acceptors (Lipinski definition) is 4. The first-order chi connectivity index (χ1) is 21.1. The summed E-state index contributed by atoms with van der Waals surface area (Å²) in [4.78, 5) is 12.4. The molecule has 1 fully saturated rings. The highest BCUT2D eigenvalue weighted by molar-refractivity contribution is 5.76. The van der Waals surface area contributed by atoms with Crippen LogP contribution in [-0.2, 0) is 9.53 Å². The Hall–Kier alpha value is -1.95. The van der Waals surface area contributed by atoms with Crippen LogP contribution in [0, 0.1) is 0 Å². The average molecular weight is 600 g/mol. The molecule has 1 amide bonds. The third kappa shape index (κ3) is 24.1. The van der Waals surface area contributed by atoms with Crippen molar-refractivity contribution in [1.29, 1.82) is 0 Å². The number of unbranched alkanes of at least 4 members (excludes halogenated alkanes) is 11. The molecule has 0 aromatic heterocycles. The zero-order chi connectivity index (χ0) is 31.2. The number of allylic oxidation sites excluding steroid dienone is 8. The van der Waals surface area contributed by atoms with Gasteiger partial charge in [-0.1, -0.05) is 120 Å². The van der Waals surface area contributed by atoms with Crippen LogP contribution in [0.5, 0.6) is 0 Å². The predicted octanol–water partition coefficient (Wildman–Crippen LogP) is 9.21. The highest BCUT2D eigenvalue weighted by atomic mass is 16.6. The highest BCUT2D eigenvalue weighted by Crippen LogP contribution is 2.30. The van der Waals surface area contributed by atoms with Crippen LogP contribution in [0.25, 0.3) is 0 Å². The first kappa shape index (κ1) is 39.1. The van der Waals surface area contributed by atoms with Crippen LogP contribution in [0.3, 0.4) is 0 Å². The van der Waals surface area contributed by atoms with Gasteiger partial charge < -0.3 is 20.3 Å². The van der Waals surface area contributed by atoms with E-state index in [1.165, 1.54) is 77.0 Å². The van der Waals surface area contributed by atoms with Crippen LogP contribution in [0.2, 0.25) is 0 Å². The van der Waals surface area contributed by atoms with Crippen LogP contribution in [0.4, 0.5) is 0 Å². The molecule has 246 valence electrons. The van der Waals surface area contributed by atoms with Crippen LogP contribution in [0.15, 0.2) is 60.8 Å². The molecule has 0 bridgehead atoms. The molecule has 5 nitrogen and oxygen atoms in total. The first-order valence-corrected chi connectivity index (χ1v) is 17.6. The Morgan fingerprint density at radius 2 is 1.28 bits per heavy atom. The van der Waals surface area contributed by atoms with Crippen molar-refractivity contribution in [2.45, 2.75) is 167 Å². The van der Waals surface area contributed by atoms with Crippen molar-refractivity contribution < 1.29 is 19.7 Å². The van der Waals surface area contributed by atoms with Gasteiger partial charge in [0.1, 0.15) is 0 Å². The maximum atomic E-state index is 12.4. The smallest absolute Gasteiger partial charge is 0.220 e. The maximum Gasteiger partial charge on any atom is 0.220 e. The lowest BCUT2D eigenvalue weighted by atomic mass is 10.1. The molecule has 1 aliphatic heterocycles. The van der Waals surface area contributed by atoms with E-state index in [2.05, 4.69) is 67.8 Å². The van der Waals surface area contributed by atoms with Crippen LogP contribution < -0.4 is 5.32 Å². The molecule has 0 spiro atoms. The van der Waals surface area contributed by atoms with Gasteiger partial charge in [-0.15, -0.1) is 0 Å². The molecule has 0 aliphatic carbocycles. The van der Waals surface area contributed by atoms with E-state index in [-0.39, 0.29) is 24.7 Å². The quantitative estimate of drug-likeness (QED) is 0.0455. The molecule has 0 aromatic rings. The van der Waals surface area contributed by atoms with E-state index in [0.717, 1.165) is 44.9 Å². The van der Waals surface area contributed by atoms with Crippen LogP contribution in [-0.4, -0.2) is 47.1 Å².